The van der Waals surface area contributed by atoms with Crippen LogP contribution in [0.3, 0.4) is 0 Å². The van der Waals surface area contributed by atoms with Gasteiger partial charge in [-0.05, 0) is 30.3 Å². The predicted molar refractivity (Wildman–Crippen MR) is 201 cm³/mol. The second kappa shape index (κ2) is 15.3. The minimum atomic E-state index is -1.88. The van der Waals surface area contributed by atoms with Crippen molar-refractivity contribution in [3.8, 4) is 63.2 Å². The highest BCUT2D eigenvalue weighted by Gasteiger charge is 2.62. The first-order chi connectivity index (χ1) is 27.5. The molecule has 0 unspecified atom stereocenters. The van der Waals surface area contributed by atoms with Crippen LogP contribution in [0.2, 0.25) is 0 Å². The topological polar surface area (TPSA) is 154 Å². The van der Waals surface area contributed by atoms with Gasteiger partial charge in [-0.3, -0.25) is 9.59 Å². The van der Waals surface area contributed by atoms with Crippen LogP contribution in [0, 0.1) is 0 Å². The molecule has 3 aliphatic rings. The summed E-state index contributed by atoms with van der Waals surface area (Å²) in [6.07, 6.45) is -2.67. The molecular formula is C42H44O15. The van der Waals surface area contributed by atoms with E-state index in [0.29, 0.717) is 91.1 Å². The number of hydrogen-bond donors (Lipinski definition) is 0. The number of carbonyl (C=O) groups is 2. The van der Waals surface area contributed by atoms with Crippen molar-refractivity contribution >= 4 is 11.9 Å². The Bertz CT molecular complexity index is 2190. The van der Waals surface area contributed by atoms with Crippen molar-refractivity contribution in [3.63, 3.8) is 0 Å². The van der Waals surface area contributed by atoms with Gasteiger partial charge in [0.2, 0.25) is 5.75 Å². The van der Waals surface area contributed by atoms with Crippen molar-refractivity contribution in [2.45, 2.75) is 50.3 Å². The van der Waals surface area contributed by atoms with E-state index in [1.165, 1.54) is 63.6 Å². The van der Waals surface area contributed by atoms with Gasteiger partial charge in [-0.2, -0.15) is 0 Å². The molecule has 0 amide bonds. The quantitative estimate of drug-likeness (QED) is 0.153. The second-order valence-electron chi connectivity index (χ2n) is 13.3. The monoisotopic (exact) mass is 788 g/mol. The number of fused-ring (bicyclic) bond motifs is 8. The van der Waals surface area contributed by atoms with Crippen LogP contribution in [0.4, 0.5) is 0 Å². The molecule has 3 heterocycles. The molecule has 0 radical (unpaired) electrons. The van der Waals surface area contributed by atoms with Gasteiger partial charge in [0.1, 0.15) is 29.1 Å². The van der Waals surface area contributed by atoms with E-state index in [4.69, 9.17) is 61.6 Å². The summed E-state index contributed by atoms with van der Waals surface area (Å²) in [7, 11) is 12.1. The zero-order chi connectivity index (χ0) is 40.8. The second-order valence-corrected chi connectivity index (χ2v) is 13.3. The Morgan fingerprint density at radius 2 is 1.18 bits per heavy atom. The van der Waals surface area contributed by atoms with Crippen molar-refractivity contribution in [1.82, 2.24) is 0 Å². The molecule has 0 aromatic heterocycles. The van der Waals surface area contributed by atoms with Gasteiger partial charge in [0.15, 0.2) is 46.7 Å². The van der Waals surface area contributed by atoms with Crippen molar-refractivity contribution in [3.05, 3.63) is 76.3 Å². The van der Waals surface area contributed by atoms with E-state index in [9.17, 15) is 9.59 Å². The molecule has 302 valence electrons. The summed E-state index contributed by atoms with van der Waals surface area (Å²) in [5.41, 5.74) is 2.70. The molecule has 4 aromatic rings. The molecule has 57 heavy (non-hydrogen) atoms. The maximum Gasteiger partial charge on any atom is 0.317 e. The molecule has 0 N–H and O–H groups in total. The molecule has 0 saturated heterocycles. The summed E-state index contributed by atoms with van der Waals surface area (Å²) in [6, 6.07) is 13.9. The number of ether oxygens (including phenoxy) is 13. The zero-order valence-corrected chi connectivity index (χ0v) is 33.3. The number of carbonyl (C=O) groups excluding carboxylic acids is 2. The van der Waals surface area contributed by atoms with Gasteiger partial charge in [-0.15, -0.1) is 0 Å². The van der Waals surface area contributed by atoms with Gasteiger partial charge in [0, 0.05) is 60.2 Å². The fraction of sp³-hybridized carbons (Fsp3) is 0.381. The van der Waals surface area contributed by atoms with E-state index in [1.807, 2.05) is 6.07 Å². The molecule has 0 saturated carbocycles. The van der Waals surface area contributed by atoms with Crippen LogP contribution in [0.25, 0.3) is 0 Å². The lowest BCUT2D eigenvalue weighted by Gasteiger charge is -2.51. The zero-order valence-electron chi connectivity index (χ0n) is 33.3. The highest BCUT2D eigenvalue weighted by Crippen LogP contribution is 2.63. The summed E-state index contributed by atoms with van der Waals surface area (Å²) < 4.78 is 78.9. The number of esters is 2. The van der Waals surface area contributed by atoms with E-state index in [-0.39, 0.29) is 6.42 Å². The third-order valence-corrected chi connectivity index (χ3v) is 10.3. The summed E-state index contributed by atoms with van der Waals surface area (Å²) in [5.74, 6) is 0.248. The Morgan fingerprint density at radius 3 is 1.75 bits per heavy atom. The Balaban J connectivity index is 1.55. The normalized spacial score (nSPS) is 21.0. The first-order valence-corrected chi connectivity index (χ1v) is 17.9. The number of methoxy groups -OCH3 is 8. The van der Waals surface area contributed by atoms with E-state index < -0.39 is 42.0 Å². The maximum absolute atomic E-state index is 13.2. The highest BCUT2D eigenvalue weighted by molar-refractivity contribution is 5.71. The number of benzene rings is 4. The summed E-state index contributed by atoms with van der Waals surface area (Å²) in [4.78, 5) is 25.8. The minimum Gasteiger partial charge on any atom is -0.496 e. The van der Waals surface area contributed by atoms with E-state index in [1.54, 1.807) is 49.6 Å². The van der Waals surface area contributed by atoms with Crippen molar-refractivity contribution < 1.29 is 71.2 Å². The fourth-order valence-electron chi connectivity index (χ4n) is 7.95. The van der Waals surface area contributed by atoms with E-state index in [2.05, 4.69) is 0 Å². The molecule has 15 nitrogen and oxygen atoms in total. The lowest BCUT2D eigenvalue weighted by Crippen LogP contribution is -2.59. The smallest absolute Gasteiger partial charge is 0.317 e. The molecule has 7 rings (SSSR count). The lowest BCUT2D eigenvalue weighted by atomic mass is 9.74. The summed E-state index contributed by atoms with van der Waals surface area (Å²) >= 11 is 0. The SMILES string of the molecule is COc1ccc([C@@H]2Oc3c(c(OC)cc4c3[C@H]3c5cc(OC)c(OC)cc5O[C@@](c5cc(OC)c(OC)c(OC)c5)(O4)[C@@H]3OC(C)=O)C[C@H]2OC(C)=O)cc1OC. The van der Waals surface area contributed by atoms with Gasteiger partial charge in [0.25, 0.3) is 0 Å². The molecule has 5 atom stereocenters. The Hall–Kier alpha value is -6.38. The van der Waals surface area contributed by atoms with Crippen LogP contribution in [-0.4, -0.2) is 81.0 Å². The molecule has 15 heteroatoms. The van der Waals surface area contributed by atoms with Gasteiger partial charge >= 0.3 is 17.7 Å². The average molecular weight is 789 g/mol. The van der Waals surface area contributed by atoms with E-state index in [0.717, 1.165) is 0 Å². The first kappa shape index (κ1) is 38.9. The predicted octanol–water partition coefficient (Wildman–Crippen LogP) is 6.06. The van der Waals surface area contributed by atoms with Crippen LogP contribution >= 0.6 is 0 Å². The van der Waals surface area contributed by atoms with Crippen LogP contribution in [-0.2, 0) is 31.3 Å². The van der Waals surface area contributed by atoms with Gasteiger partial charge in [-0.25, -0.2) is 0 Å². The molecular weight excluding hydrogens is 744 g/mol. The van der Waals surface area contributed by atoms with E-state index >= 15 is 0 Å². The first-order valence-electron chi connectivity index (χ1n) is 17.9. The molecule has 0 aliphatic carbocycles. The van der Waals surface area contributed by atoms with Crippen LogP contribution in [0.1, 0.15) is 53.7 Å². The van der Waals surface area contributed by atoms with Gasteiger partial charge < -0.3 is 61.6 Å². The Labute approximate surface area is 329 Å². The molecule has 0 fully saturated rings. The summed E-state index contributed by atoms with van der Waals surface area (Å²) in [6.45, 7) is 2.65. The van der Waals surface area contributed by atoms with Crippen molar-refractivity contribution in [2.75, 3.05) is 56.9 Å². The van der Waals surface area contributed by atoms with Gasteiger partial charge in [-0.1, -0.05) is 6.07 Å². The third kappa shape index (κ3) is 6.40. The average Bonchev–Trinajstić information content (AvgIpc) is 3.21. The Morgan fingerprint density at radius 1 is 0.614 bits per heavy atom. The fourth-order valence-corrected chi connectivity index (χ4v) is 7.95. The minimum absolute atomic E-state index is 0.183. The third-order valence-electron chi connectivity index (χ3n) is 10.3. The van der Waals surface area contributed by atoms with Crippen LogP contribution < -0.4 is 52.1 Å². The molecule has 4 aromatic carbocycles. The lowest BCUT2D eigenvalue weighted by molar-refractivity contribution is -0.232. The maximum atomic E-state index is 13.2. The number of rotatable bonds is 12. The summed E-state index contributed by atoms with van der Waals surface area (Å²) in [5, 5.41) is 0. The highest BCUT2D eigenvalue weighted by atomic mass is 16.7. The molecule has 3 aliphatic heterocycles. The van der Waals surface area contributed by atoms with Crippen LogP contribution in [0.5, 0.6) is 63.2 Å². The largest absolute Gasteiger partial charge is 0.496 e. The molecule has 0 spiro atoms. The Kier molecular flexibility index (Phi) is 10.4. The van der Waals surface area contributed by atoms with Crippen molar-refractivity contribution in [2.24, 2.45) is 0 Å². The van der Waals surface area contributed by atoms with Crippen LogP contribution in [0.15, 0.2) is 48.5 Å². The van der Waals surface area contributed by atoms with Crippen molar-refractivity contribution in [1.29, 1.82) is 0 Å². The number of hydrogen-bond acceptors (Lipinski definition) is 15. The molecule has 2 bridgehead atoms. The standard InChI is InChI=1S/C42H44O15/c1-20(43)53-35-17-25-27(46-4)18-32-37(39(25)55-38(35)22-11-12-26(45-3)29(13-22)47-5)36-24-16-30(48-6)31(49-7)19-28(24)56-42(57-32,41(36)54-21(2)44)23-14-33(50-8)40(52-10)34(15-23)51-9/h11-16,18-19,35-36,38,41H,17H2,1-10H3/t35-,36-,38+,41-,42+/m1/s1. The van der Waals surface area contributed by atoms with Gasteiger partial charge in [0.05, 0.1) is 62.8 Å².